The molecule has 0 spiro atoms. The summed E-state index contributed by atoms with van der Waals surface area (Å²) in [6, 6.07) is 61.7. The van der Waals surface area contributed by atoms with Gasteiger partial charge in [-0.2, -0.15) is 0 Å². The lowest BCUT2D eigenvalue weighted by molar-refractivity contribution is 0.669. The highest BCUT2D eigenvalue weighted by atomic mass is 16.3. The third-order valence-corrected chi connectivity index (χ3v) is 10.5. The summed E-state index contributed by atoms with van der Waals surface area (Å²) < 4.78 is 6.29. The van der Waals surface area contributed by atoms with E-state index in [2.05, 4.69) is 152 Å². The van der Waals surface area contributed by atoms with E-state index in [1.54, 1.807) is 0 Å². The van der Waals surface area contributed by atoms with Crippen LogP contribution in [0.5, 0.6) is 0 Å². The van der Waals surface area contributed by atoms with Crippen molar-refractivity contribution in [3.8, 4) is 45.3 Å². The molecule has 0 N–H and O–H groups in total. The minimum atomic E-state index is 0.592. The molecule has 0 radical (unpaired) electrons. The highest BCUT2D eigenvalue weighted by molar-refractivity contribution is 6.15. The second-order valence-electron chi connectivity index (χ2n) is 13.6. The lowest BCUT2D eigenvalue weighted by Gasteiger charge is -2.13. The first kappa shape index (κ1) is 29.5. The Labute approximate surface area is 304 Å². The molecular formula is C49H29N3O. The van der Waals surface area contributed by atoms with Crippen LogP contribution in [0.3, 0.4) is 0 Å². The number of para-hydroxylation sites is 1. The molecule has 11 rings (SSSR count). The summed E-state index contributed by atoms with van der Waals surface area (Å²) in [5.41, 5.74) is 6.75. The molecule has 0 saturated carbocycles. The van der Waals surface area contributed by atoms with Crippen LogP contribution in [0.1, 0.15) is 0 Å². The van der Waals surface area contributed by atoms with Gasteiger partial charge in [-0.25, -0.2) is 15.0 Å². The molecule has 0 atom stereocenters. The fraction of sp³-hybridized carbons (Fsp3) is 0. The quantitative estimate of drug-likeness (QED) is 0.174. The van der Waals surface area contributed by atoms with Crippen molar-refractivity contribution < 1.29 is 4.42 Å². The van der Waals surface area contributed by atoms with Gasteiger partial charge in [0, 0.05) is 32.8 Å². The fourth-order valence-electron chi connectivity index (χ4n) is 7.96. The molecule has 2 heterocycles. The van der Waals surface area contributed by atoms with Gasteiger partial charge >= 0.3 is 0 Å². The maximum absolute atomic E-state index is 6.29. The molecule has 4 heteroatoms. The average molecular weight is 676 g/mol. The molecule has 0 saturated heterocycles. The van der Waals surface area contributed by atoms with E-state index >= 15 is 0 Å². The molecule has 9 aromatic carbocycles. The molecule has 0 aliphatic heterocycles. The van der Waals surface area contributed by atoms with Crippen LogP contribution in [0.15, 0.2) is 180 Å². The Hall–Kier alpha value is -7.17. The summed E-state index contributed by atoms with van der Waals surface area (Å²) >= 11 is 0. The second-order valence-corrected chi connectivity index (χ2v) is 13.6. The molecular weight excluding hydrogens is 647 g/mol. The maximum atomic E-state index is 6.29. The van der Waals surface area contributed by atoms with E-state index < -0.39 is 0 Å². The Morgan fingerprint density at radius 1 is 0.302 bits per heavy atom. The summed E-state index contributed by atoms with van der Waals surface area (Å²) in [6.45, 7) is 0. The largest absolute Gasteiger partial charge is 0.456 e. The number of nitrogens with zero attached hydrogens (tertiary/aromatic N) is 3. The van der Waals surface area contributed by atoms with Gasteiger partial charge in [-0.05, 0) is 73.1 Å². The van der Waals surface area contributed by atoms with Crippen LogP contribution in [-0.2, 0) is 0 Å². The first-order valence-corrected chi connectivity index (χ1v) is 17.9. The summed E-state index contributed by atoms with van der Waals surface area (Å²) in [7, 11) is 0. The highest BCUT2D eigenvalue weighted by Gasteiger charge is 2.18. The van der Waals surface area contributed by atoms with Crippen LogP contribution in [0, 0.1) is 0 Å². The van der Waals surface area contributed by atoms with E-state index in [1.165, 1.54) is 37.9 Å². The Morgan fingerprint density at radius 2 is 0.887 bits per heavy atom. The van der Waals surface area contributed by atoms with E-state index in [4.69, 9.17) is 19.4 Å². The van der Waals surface area contributed by atoms with Gasteiger partial charge in [0.2, 0.25) is 0 Å². The van der Waals surface area contributed by atoms with Crippen LogP contribution in [0.25, 0.3) is 110 Å². The van der Waals surface area contributed by atoms with Crippen molar-refractivity contribution in [2.45, 2.75) is 0 Å². The van der Waals surface area contributed by atoms with E-state index in [0.29, 0.717) is 17.5 Å². The SMILES string of the molecule is c1ccc2c(c1)cc(-c1ccc(-c3nc(-c4ccc5c(c4)oc4ccccc45)nc(-c4cccc5ccc6ccccc6c45)n3)cc1)c1ccccc12. The van der Waals surface area contributed by atoms with Gasteiger partial charge in [-0.3, -0.25) is 0 Å². The van der Waals surface area contributed by atoms with Gasteiger partial charge in [-0.15, -0.1) is 0 Å². The zero-order chi connectivity index (χ0) is 34.9. The Balaban J connectivity index is 1.11. The van der Waals surface area contributed by atoms with E-state index in [-0.39, 0.29) is 0 Å². The summed E-state index contributed by atoms with van der Waals surface area (Å²) in [5, 5.41) is 11.7. The van der Waals surface area contributed by atoms with Crippen LogP contribution in [0.4, 0.5) is 0 Å². The highest BCUT2D eigenvalue weighted by Crippen LogP contribution is 2.38. The second kappa shape index (κ2) is 11.7. The minimum Gasteiger partial charge on any atom is -0.456 e. The standard InChI is InChI=1S/C49H29N3O/c1-4-14-37-30(10-1)20-23-32-12-9-18-42(46(32)37)49-51-47(50-48(52-49)35-26-27-41-40-17-7-8-19-44(40)53-45(41)29-35)33-24-21-31(22-25-33)43-28-34-11-2-3-13-36(34)38-15-5-6-16-39(38)43/h1-29H. The molecule has 2 aromatic heterocycles. The minimum absolute atomic E-state index is 0.592. The lowest BCUT2D eigenvalue weighted by atomic mass is 9.93. The monoisotopic (exact) mass is 675 g/mol. The van der Waals surface area contributed by atoms with Crippen LogP contribution in [0.2, 0.25) is 0 Å². The van der Waals surface area contributed by atoms with Gasteiger partial charge < -0.3 is 4.42 Å². The third-order valence-electron chi connectivity index (χ3n) is 10.5. The number of aromatic nitrogens is 3. The Morgan fingerprint density at radius 3 is 1.74 bits per heavy atom. The van der Waals surface area contributed by atoms with Gasteiger partial charge in [0.15, 0.2) is 17.5 Å². The molecule has 53 heavy (non-hydrogen) atoms. The molecule has 0 fully saturated rings. The van der Waals surface area contributed by atoms with Crippen molar-refractivity contribution in [3.63, 3.8) is 0 Å². The fourth-order valence-corrected chi connectivity index (χ4v) is 7.96. The molecule has 0 aliphatic carbocycles. The lowest BCUT2D eigenvalue weighted by Crippen LogP contribution is -2.00. The first-order chi connectivity index (χ1) is 26.2. The Bertz CT molecular complexity index is 3230. The molecule has 0 unspecified atom stereocenters. The van der Waals surface area contributed by atoms with Crippen molar-refractivity contribution in [1.29, 1.82) is 0 Å². The zero-order valence-electron chi connectivity index (χ0n) is 28.5. The summed E-state index contributed by atoms with van der Waals surface area (Å²) in [6.07, 6.45) is 0. The number of furan rings is 1. The normalized spacial score (nSPS) is 11.8. The molecule has 4 nitrogen and oxygen atoms in total. The van der Waals surface area contributed by atoms with Crippen molar-refractivity contribution >= 4 is 65.0 Å². The van der Waals surface area contributed by atoms with Crippen molar-refractivity contribution in [1.82, 2.24) is 15.0 Å². The van der Waals surface area contributed by atoms with Gasteiger partial charge in [0.05, 0.1) is 0 Å². The Kier molecular flexibility index (Phi) is 6.52. The van der Waals surface area contributed by atoms with E-state index in [0.717, 1.165) is 55.0 Å². The van der Waals surface area contributed by atoms with E-state index in [1.807, 2.05) is 24.3 Å². The van der Waals surface area contributed by atoms with Gasteiger partial charge in [-0.1, -0.05) is 152 Å². The molecule has 0 amide bonds. The van der Waals surface area contributed by atoms with Crippen LogP contribution in [-0.4, -0.2) is 15.0 Å². The number of rotatable bonds is 4. The summed E-state index contributed by atoms with van der Waals surface area (Å²) in [5.74, 6) is 1.83. The van der Waals surface area contributed by atoms with Gasteiger partial charge in [0.1, 0.15) is 11.2 Å². The van der Waals surface area contributed by atoms with Crippen molar-refractivity contribution in [3.05, 3.63) is 176 Å². The van der Waals surface area contributed by atoms with Crippen LogP contribution < -0.4 is 0 Å². The number of hydrogen-bond donors (Lipinski definition) is 0. The first-order valence-electron chi connectivity index (χ1n) is 17.9. The molecule has 11 aromatic rings. The van der Waals surface area contributed by atoms with Crippen LogP contribution >= 0.6 is 0 Å². The molecule has 246 valence electrons. The number of fused-ring (bicyclic) bond motifs is 9. The summed E-state index contributed by atoms with van der Waals surface area (Å²) in [4.78, 5) is 15.5. The zero-order valence-corrected chi connectivity index (χ0v) is 28.5. The topological polar surface area (TPSA) is 51.8 Å². The number of hydrogen-bond acceptors (Lipinski definition) is 4. The predicted octanol–water partition coefficient (Wildman–Crippen LogP) is 13.1. The third kappa shape index (κ3) is 4.80. The van der Waals surface area contributed by atoms with Gasteiger partial charge in [0.25, 0.3) is 0 Å². The van der Waals surface area contributed by atoms with Crippen molar-refractivity contribution in [2.24, 2.45) is 0 Å². The molecule has 0 bridgehead atoms. The smallest absolute Gasteiger partial charge is 0.164 e. The predicted molar refractivity (Wildman–Crippen MR) is 219 cm³/mol. The maximum Gasteiger partial charge on any atom is 0.164 e. The number of benzene rings is 9. The average Bonchev–Trinajstić information content (AvgIpc) is 3.61. The molecule has 0 aliphatic rings. The van der Waals surface area contributed by atoms with Crippen molar-refractivity contribution in [2.75, 3.05) is 0 Å². The van der Waals surface area contributed by atoms with E-state index in [9.17, 15) is 0 Å².